The molecule has 2 aromatic rings. The molecule has 1 saturated carbocycles. The van der Waals surface area contributed by atoms with Gasteiger partial charge in [0.25, 0.3) is 5.91 Å². The summed E-state index contributed by atoms with van der Waals surface area (Å²) in [4.78, 5) is 17.2. The molecule has 1 heterocycles. The number of thiazole rings is 1. The maximum Gasteiger partial charge on any atom is 0.263 e. The van der Waals surface area contributed by atoms with Crippen LogP contribution >= 0.6 is 36.2 Å². The largest absolute Gasteiger partial charge is 0.347 e. The van der Waals surface area contributed by atoms with Gasteiger partial charge >= 0.3 is 0 Å². The maximum atomic E-state index is 12.2. The number of amides is 1. The SMILES string of the molecule is Cl.Cl.NCC(NC(=O)c1cnc(-c2ccccc2)s1)C1CC1. The van der Waals surface area contributed by atoms with Crippen molar-refractivity contribution >= 4 is 42.1 Å². The number of carbonyl (C=O) groups is 1. The number of halogens is 2. The number of hydrogen-bond donors (Lipinski definition) is 2. The highest BCUT2D eigenvalue weighted by Gasteiger charge is 2.31. The van der Waals surface area contributed by atoms with Gasteiger partial charge in [-0.05, 0) is 18.8 Å². The molecule has 1 aromatic carbocycles. The van der Waals surface area contributed by atoms with Crippen LogP contribution < -0.4 is 11.1 Å². The Hall–Kier alpha value is -1.14. The third kappa shape index (κ3) is 4.43. The van der Waals surface area contributed by atoms with Crippen LogP contribution in [0.25, 0.3) is 10.6 Å². The number of nitrogens with one attached hydrogen (secondary N) is 1. The second kappa shape index (κ2) is 8.48. The van der Waals surface area contributed by atoms with Crippen molar-refractivity contribution in [2.45, 2.75) is 18.9 Å². The van der Waals surface area contributed by atoms with Gasteiger partial charge in [0, 0.05) is 18.2 Å². The smallest absolute Gasteiger partial charge is 0.263 e. The topological polar surface area (TPSA) is 68.0 Å². The highest BCUT2D eigenvalue weighted by Crippen LogP contribution is 2.32. The van der Waals surface area contributed by atoms with Gasteiger partial charge < -0.3 is 11.1 Å². The minimum Gasteiger partial charge on any atom is -0.347 e. The quantitative estimate of drug-likeness (QED) is 0.861. The van der Waals surface area contributed by atoms with E-state index in [9.17, 15) is 4.79 Å². The van der Waals surface area contributed by atoms with Crippen LogP contribution in [0.15, 0.2) is 36.5 Å². The van der Waals surface area contributed by atoms with Crippen molar-refractivity contribution in [1.29, 1.82) is 0 Å². The van der Waals surface area contributed by atoms with Gasteiger partial charge in [-0.15, -0.1) is 36.2 Å². The van der Waals surface area contributed by atoms with E-state index in [1.54, 1.807) is 6.20 Å². The van der Waals surface area contributed by atoms with Crippen molar-refractivity contribution < 1.29 is 4.79 Å². The number of benzene rings is 1. The lowest BCUT2D eigenvalue weighted by atomic mass is 10.2. The molecule has 0 spiro atoms. The summed E-state index contributed by atoms with van der Waals surface area (Å²) in [5.74, 6) is 0.498. The first-order valence-corrected chi connectivity index (χ1v) is 7.62. The Bertz CT molecular complexity index is 602. The highest BCUT2D eigenvalue weighted by molar-refractivity contribution is 7.16. The Labute approximate surface area is 146 Å². The molecule has 7 heteroatoms. The van der Waals surface area contributed by atoms with E-state index in [0.717, 1.165) is 10.6 Å². The molecule has 1 amide bonds. The molecule has 3 rings (SSSR count). The van der Waals surface area contributed by atoms with E-state index in [2.05, 4.69) is 10.3 Å². The van der Waals surface area contributed by atoms with Crippen molar-refractivity contribution in [1.82, 2.24) is 10.3 Å². The lowest BCUT2D eigenvalue weighted by molar-refractivity contribution is 0.0937. The highest BCUT2D eigenvalue weighted by atomic mass is 35.5. The van der Waals surface area contributed by atoms with E-state index < -0.39 is 0 Å². The zero-order valence-electron chi connectivity index (χ0n) is 11.9. The number of nitrogens with two attached hydrogens (primary N) is 1. The number of nitrogens with zero attached hydrogens (tertiary/aromatic N) is 1. The summed E-state index contributed by atoms with van der Waals surface area (Å²) in [5, 5.41) is 3.88. The zero-order chi connectivity index (χ0) is 13.9. The number of carbonyl (C=O) groups excluding carboxylic acids is 1. The minimum absolute atomic E-state index is 0. The van der Waals surface area contributed by atoms with Crippen molar-refractivity contribution in [3.8, 4) is 10.6 Å². The fraction of sp³-hybridized carbons (Fsp3) is 0.333. The van der Waals surface area contributed by atoms with E-state index in [1.165, 1.54) is 24.2 Å². The van der Waals surface area contributed by atoms with Crippen molar-refractivity contribution in [2.75, 3.05) is 6.54 Å². The second-order valence-electron chi connectivity index (χ2n) is 5.05. The van der Waals surface area contributed by atoms with Gasteiger partial charge in [0.2, 0.25) is 0 Å². The lowest BCUT2D eigenvalue weighted by Gasteiger charge is -2.14. The maximum absolute atomic E-state index is 12.2. The van der Waals surface area contributed by atoms with Crippen LogP contribution in [-0.2, 0) is 0 Å². The van der Waals surface area contributed by atoms with E-state index in [0.29, 0.717) is 17.3 Å². The Kier molecular flexibility index (Phi) is 7.29. The molecule has 22 heavy (non-hydrogen) atoms. The first-order chi connectivity index (χ1) is 9.78. The molecule has 1 fully saturated rings. The predicted octanol–water partition coefficient (Wildman–Crippen LogP) is 3.12. The van der Waals surface area contributed by atoms with Gasteiger partial charge in [0.15, 0.2) is 0 Å². The molecule has 1 aliphatic carbocycles. The van der Waals surface area contributed by atoms with Crippen molar-refractivity contribution in [3.05, 3.63) is 41.4 Å². The summed E-state index contributed by atoms with van der Waals surface area (Å²) in [6.07, 6.45) is 3.98. The fourth-order valence-corrected chi connectivity index (χ4v) is 3.03. The summed E-state index contributed by atoms with van der Waals surface area (Å²) in [7, 11) is 0. The Morgan fingerprint density at radius 1 is 1.32 bits per heavy atom. The molecule has 4 nitrogen and oxygen atoms in total. The van der Waals surface area contributed by atoms with Gasteiger partial charge in [-0.25, -0.2) is 4.98 Å². The molecular weight excluding hydrogens is 341 g/mol. The molecule has 1 aliphatic rings. The molecule has 0 radical (unpaired) electrons. The molecule has 120 valence electrons. The molecule has 1 unspecified atom stereocenters. The molecular formula is C15H19Cl2N3OS. The molecule has 0 aliphatic heterocycles. The summed E-state index contributed by atoms with van der Waals surface area (Å²) < 4.78 is 0. The zero-order valence-corrected chi connectivity index (χ0v) is 14.3. The average Bonchev–Trinajstić information content (AvgIpc) is 3.21. The Balaban J connectivity index is 0.00000121. The molecule has 3 N–H and O–H groups in total. The molecule has 0 bridgehead atoms. The predicted molar refractivity (Wildman–Crippen MR) is 95.1 cm³/mol. The van der Waals surface area contributed by atoms with E-state index in [4.69, 9.17) is 5.73 Å². The van der Waals surface area contributed by atoms with E-state index >= 15 is 0 Å². The molecule has 1 atom stereocenters. The van der Waals surface area contributed by atoms with Gasteiger partial charge in [-0.3, -0.25) is 4.79 Å². The van der Waals surface area contributed by atoms with Gasteiger partial charge in [-0.1, -0.05) is 30.3 Å². The third-order valence-corrected chi connectivity index (χ3v) is 4.56. The Morgan fingerprint density at radius 2 is 2.00 bits per heavy atom. The van der Waals surface area contributed by atoms with Crippen LogP contribution in [0, 0.1) is 5.92 Å². The normalized spacial score (nSPS) is 14.4. The Morgan fingerprint density at radius 3 is 2.59 bits per heavy atom. The van der Waals surface area contributed by atoms with Crippen molar-refractivity contribution in [3.63, 3.8) is 0 Å². The fourth-order valence-electron chi connectivity index (χ4n) is 2.20. The van der Waals surface area contributed by atoms with Crippen LogP contribution in [0.5, 0.6) is 0 Å². The number of rotatable bonds is 5. The number of aromatic nitrogens is 1. The van der Waals surface area contributed by atoms with Gasteiger partial charge in [-0.2, -0.15) is 0 Å². The summed E-state index contributed by atoms with van der Waals surface area (Å²) in [6, 6.07) is 9.99. The first-order valence-electron chi connectivity index (χ1n) is 6.80. The standard InChI is InChI=1S/C15H17N3OS.2ClH/c16-8-12(10-6-7-10)18-14(19)13-9-17-15(20-13)11-4-2-1-3-5-11;;/h1-5,9-10,12H,6-8,16H2,(H,18,19);2*1H. The molecule has 0 saturated heterocycles. The van der Waals surface area contributed by atoms with Crippen LogP contribution in [0.1, 0.15) is 22.5 Å². The van der Waals surface area contributed by atoms with Crippen molar-refractivity contribution in [2.24, 2.45) is 11.7 Å². The van der Waals surface area contributed by atoms with Gasteiger partial charge in [0.05, 0.1) is 6.20 Å². The minimum atomic E-state index is -0.0629. The van der Waals surface area contributed by atoms with Crippen LogP contribution in [-0.4, -0.2) is 23.5 Å². The summed E-state index contributed by atoms with van der Waals surface area (Å²) >= 11 is 1.41. The summed E-state index contributed by atoms with van der Waals surface area (Å²) in [5.41, 5.74) is 6.75. The number of hydrogen-bond acceptors (Lipinski definition) is 4. The van der Waals surface area contributed by atoms with Crippen LogP contribution in [0.2, 0.25) is 0 Å². The van der Waals surface area contributed by atoms with Gasteiger partial charge in [0.1, 0.15) is 9.88 Å². The van der Waals surface area contributed by atoms with Crippen LogP contribution in [0.3, 0.4) is 0 Å². The third-order valence-electron chi connectivity index (χ3n) is 3.51. The second-order valence-corrected chi connectivity index (χ2v) is 6.08. The lowest BCUT2D eigenvalue weighted by Crippen LogP contribution is -2.41. The molecule has 1 aromatic heterocycles. The van der Waals surface area contributed by atoms with E-state index in [1.807, 2.05) is 30.3 Å². The van der Waals surface area contributed by atoms with Crippen LogP contribution in [0.4, 0.5) is 0 Å². The first kappa shape index (κ1) is 18.9. The average molecular weight is 360 g/mol. The van der Waals surface area contributed by atoms with E-state index in [-0.39, 0.29) is 36.8 Å². The summed E-state index contributed by atoms with van der Waals surface area (Å²) in [6.45, 7) is 0.501. The monoisotopic (exact) mass is 359 g/mol.